The minimum absolute atomic E-state index is 0.127. The number of H-pyrrole nitrogens is 1. The molecule has 29 heavy (non-hydrogen) atoms. The van der Waals surface area contributed by atoms with E-state index in [1.165, 1.54) is 36.3 Å². The number of rotatable bonds is 6. The van der Waals surface area contributed by atoms with Crippen LogP contribution in [-0.4, -0.2) is 24.7 Å². The van der Waals surface area contributed by atoms with Crippen molar-refractivity contribution >= 4 is 28.1 Å². The minimum Gasteiger partial charge on any atom is -0.492 e. The Bertz CT molecular complexity index is 910. The highest BCUT2D eigenvalue weighted by atomic mass is 32.1. The van der Waals surface area contributed by atoms with Gasteiger partial charge in [0.15, 0.2) is 11.4 Å². The minimum atomic E-state index is -0.940. The van der Waals surface area contributed by atoms with Crippen LogP contribution < -0.4 is 14.6 Å². The quantitative estimate of drug-likeness (QED) is 0.707. The maximum Gasteiger partial charge on any atom is 0.339 e. The molecule has 2 aromatic rings. The number of nitrogens with one attached hydrogen (secondary N) is 1. The van der Waals surface area contributed by atoms with Gasteiger partial charge < -0.3 is 9.84 Å². The smallest absolute Gasteiger partial charge is 0.339 e. The third-order valence-corrected chi connectivity index (χ3v) is 7.90. The van der Waals surface area contributed by atoms with Crippen molar-refractivity contribution < 1.29 is 19.6 Å². The van der Waals surface area contributed by atoms with Gasteiger partial charge in [0.25, 0.3) is 0 Å². The lowest BCUT2D eigenvalue weighted by molar-refractivity contribution is -0.379. The van der Waals surface area contributed by atoms with Gasteiger partial charge in [-0.15, -0.1) is 0 Å². The van der Waals surface area contributed by atoms with E-state index < -0.39 is 5.97 Å². The van der Waals surface area contributed by atoms with E-state index in [4.69, 9.17) is 4.74 Å². The Morgan fingerprint density at radius 3 is 2.52 bits per heavy atom. The van der Waals surface area contributed by atoms with Gasteiger partial charge in [-0.3, -0.25) is 0 Å². The highest BCUT2D eigenvalue weighted by Gasteiger charge is 2.44. The maximum absolute atomic E-state index is 11.4. The van der Waals surface area contributed by atoms with Gasteiger partial charge >= 0.3 is 11.1 Å². The first-order valence-corrected chi connectivity index (χ1v) is 11.2. The van der Waals surface area contributed by atoms with Crippen molar-refractivity contribution in [3.05, 3.63) is 34.3 Å². The molecule has 1 aromatic heterocycles. The van der Waals surface area contributed by atoms with E-state index in [1.54, 1.807) is 19.2 Å². The molecule has 6 heteroatoms. The zero-order chi connectivity index (χ0) is 21.0. The van der Waals surface area contributed by atoms with Gasteiger partial charge in [-0.05, 0) is 49.8 Å². The fourth-order valence-electron chi connectivity index (χ4n) is 4.16. The van der Waals surface area contributed by atoms with E-state index in [0.29, 0.717) is 11.7 Å². The average molecular weight is 416 g/mol. The molecule has 0 aliphatic heterocycles. The molecule has 4 rings (SSSR count). The molecule has 1 aromatic carbocycles. The van der Waals surface area contributed by atoms with Crippen LogP contribution in [-0.2, 0) is 10.8 Å². The first kappa shape index (κ1) is 20.2. The second-order valence-electron chi connectivity index (χ2n) is 9.75. The topological polar surface area (TPSA) is 63.9 Å². The fourth-order valence-corrected chi connectivity index (χ4v) is 5.60. The Balaban J connectivity index is 1.82. The molecule has 5 nitrogen and oxygen atoms in total. The van der Waals surface area contributed by atoms with Gasteiger partial charge in [0.1, 0.15) is 5.69 Å². The SMILES string of the molecule is COc1cc(C(=O)O)ccc1N(CC1CC1)c1[nH+]c2c(s1)C(C)(C)CCC2(C)C. The zero-order valence-corrected chi connectivity index (χ0v) is 18.8. The molecule has 0 bridgehead atoms. The van der Waals surface area contributed by atoms with E-state index >= 15 is 0 Å². The molecule has 1 fully saturated rings. The first-order valence-electron chi connectivity index (χ1n) is 10.4. The number of aromatic carboxylic acids is 1. The number of hydrogen-bond donors (Lipinski definition) is 1. The lowest BCUT2D eigenvalue weighted by atomic mass is 9.69. The van der Waals surface area contributed by atoms with E-state index in [0.717, 1.165) is 17.4 Å². The number of carboxylic acid groups (broad SMARTS) is 1. The summed E-state index contributed by atoms with van der Waals surface area (Å²) in [6, 6.07) is 5.17. The monoisotopic (exact) mass is 415 g/mol. The molecule has 0 unspecified atom stereocenters. The summed E-state index contributed by atoms with van der Waals surface area (Å²) in [6.45, 7) is 10.2. The maximum atomic E-state index is 11.4. The van der Waals surface area contributed by atoms with Crippen molar-refractivity contribution in [2.24, 2.45) is 5.92 Å². The van der Waals surface area contributed by atoms with E-state index in [9.17, 15) is 9.90 Å². The number of nitrogens with zero attached hydrogens (tertiary/aromatic N) is 1. The van der Waals surface area contributed by atoms with E-state index in [1.807, 2.05) is 17.4 Å². The molecule has 2 N–H and O–H groups in total. The van der Waals surface area contributed by atoms with Crippen LogP contribution in [0.25, 0.3) is 0 Å². The summed E-state index contributed by atoms with van der Waals surface area (Å²) in [4.78, 5) is 18.9. The summed E-state index contributed by atoms with van der Waals surface area (Å²) in [6.07, 6.45) is 4.83. The number of thiazole rings is 1. The number of carboxylic acids is 1. The molecule has 0 radical (unpaired) electrons. The lowest BCUT2D eigenvalue weighted by Crippen LogP contribution is -2.37. The van der Waals surface area contributed by atoms with Gasteiger partial charge in [-0.1, -0.05) is 39.0 Å². The predicted molar refractivity (Wildman–Crippen MR) is 116 cm³/mol. The Morgan fingerprint density at radius 1 is 1.24 bits per heavy atom. The number of aromatic nitrogens is 1. The third-order valence-electron chi connectivity index (χ3n) is 6.42. The molecule has 2 aliphatic carbocycles. The summed E-state index contributed by atoms with van der Waals surface area (Å²) in [5, 5.41) is 10.5. The number of fused-ring (bicyclic) bond motifs is 1. The summed E-state index contributed by atoms with van der Waals surface area (Å²) >= 11 is 1.85. The van der Waals surface area contributed by atoms with Crippen LogP contribution >= 0.6 is 11.3 Å². The Morgan fingerprint density at radius 2 is 1.93 bits per heavy atom. The fraction of sp³-hybridized carbons (Fsp3) is 0.565. The molecule has 1 saturated carbocycles. The van der Waals surface area contributed by atoms with E-state index in [-0.39, 0.29) is 16.4 Å². The number of benzene rings is 1. The van der Waals surface area contributed by atoms with Gasteiger partial charge in [-0.25, -0.2) is 14.7 Å². The Labute approximate surface area is 176 Å². The molecular formula is C23H31N2O3S+. The van der Waals surface area contributed by atoms with Gasteiger partial charge in [0.2, 0.25) is 0 Å². The molecule has 0 spiro atoms. The molecule has 0 atom stereocenters. The number of methoxy groups -OCH3 is 1. The second-order valence-corrected chi connectivity index (χ2v) is 10.7. The first-order chi connectivity index (χ1) is 13.6. The summed E-state index contributed by atoms with van der Waals surface area (Å²) < 4.78 is 5.61. The van der Waals surface area contributed by atoms with Crippen molar-refractivity contribution in [3.63, 3.8) is 0 Å². The average Bonchev–Trinajstić information content (AvgIpc) is 3.37. The number of carbonyl (C=O) groups is 1. The number of aromatic amines is 1. The molecule has 0 amide bonds. The van der Waals surface area contributed by atoms with Gasteiger partial charge in [-0.2, -0.15) is 0 Å². The number of hydrogen-bond acceptors (Lipinski definition) is 4. The molecule has 0 saturated heterocycles. The summed E-state index contributed by atoms with van der Waals surface area (Å²) in [5.74, 6) is 0.335. The van der Waals surface area contributed by atoms with Crippen LogP contribution in [0.3, 0.4) is 0 Å². The Hall–Kier alpha value is -2.08. The van der Waals surface area contributed by atoms with Gasteiger partial charge in [0, 0.05) is 10.8 Å². The highest BCUT2D eigenvalue weighted by molar-refractivity contribution is 7.15. The molecule has 156 valence electrons. The van der Waals surface area contributed by atoms with Crippen LogP contribution in [0.1, 0.15) is 74.3 Å². The van der Waals surface area contributed by atoms with Gasteiger partial charge in [0.05, 0.1) is 24.1 Å². The molecule has 1 heterocycles. The van der Waals surface area contributed by atoms with E-state index in [2.05, 4.69) is 37.6 Å². The number of anilines is 2. The molecule has 2 aliphatic rings. The standard InChI is InChI=1S/C23H30N2O3S/c1-22(2)10-11-23(3,4)19-18(22)24-21(29-19)25(13-14-6-7-14)16-9-8-15(20(26)27)12-17(16)28-5/h8-9,12,14H,6-7,10-11,13H2,1-5H3,(H,26,27)/p+1. The largest absolute Gasteiger partial charge is 0.492 e. The van der Waals surface area contributed by atoms with Crippen LogP contribution in [0.5, 0.6) is 5.75 Å². The van der Waals surface area contributed by atoms with Crippen molar-refractivity contribution in [1.29, 1.82) is 0 Å². The molecular weight excluding hydrogens is 384 g/mol. The van der Waals surface area contributed by atoms with Crippen molar-refractivity contribution in [2.45, 2.75) is 64.2 Å². The lowest BCUT2D eigenvalue weighted by Gasteiger charge is -2.36. The van der Waals surface area contributed by atoms with Crippen molar-refractivity contribution in [1.82, 2.24) is 0 Å². The van der Waals surface area contributed by atoms with Crippen LogP contribution in [0.15, 0.2) is 18.2 Å². The van der Waals surface area contributed by atoms with Crippen molar-refractivity contribution in [2.75, 3.05) is 18.6 Å². The van der Waals surface area contributed by atoms with Crippen LogP contribution in [0.4, 0.5) is 10.8 Å². The normalized spacial score (nSPS) is 19.5. The number of ether oxygens (including phenoxy) is 1. The zero-order valence-electron chi connectivity index (χ0n) is 18.0. The second kappa shape index (κ2) is 7.01. The van der Waals surface area contributed by atoms with Crippen molar-refractivity contribution in [3.8, 4) is 5.75 Å². The van der Waals surface area contributed by atoms with Crippen LogP contribution in [0.2, 0.25) is 0 Å². The summed E-state index contributed by atoms with van der Waals surface area (Å²) in [5.41, 5.74) is 2.80. The Kier molecular flexibility index (Phi) is 4.88. The predicted octanol–water partition coefficient (Wildman–Crippen LogP) is 5.17. The highest BCUT2D eigenvalue weighted by Crippen LogP contribution is 2.49. The van der Waals surface area contributed by atoms with Crippen LogP contribution in [0, 0.1) is 5.92 Å². The summed E-state index contributed by atoms with van der Waals surface area (Å²) in [7, 11) is 1.61. The third kappa shape index (κ3) is 3.75.